The van der Waals surface area contributed by atoms with Crippen molar-refractivity contribution < 1.29 is 4.79 Å². The zero-order chi connectivity index (χ0) is 15.4. The molecule has 3 rings (SSSR count). The Hall–Kier alpha value is -1.65. The smallest absolute Gasteiger partial charge is 0.219 e. The number of amides is 1. The maximum atomic E-state index is 11.5. The number of aromatic nitrogens is 2. The van der Waals surface area contributed by atoms with E-state index in [0.717, 1.165) is 37.4 Å². The molecule has 1 atom stereocenters. The van der Waals surface area contributed by atoms with Crippen LogP contribution in [0.2, 0.25) is 0 Å². The molecule has 2 aliphatic rings. The number of carbonyl (C=O) groups excluding carboxylic acids is 1. The van der Waals surface area contributed by atoms with Gasteiger partial charge in [-0.2, -0.15) is 0 Å². The van der Waals surface area contributed by atoms with Gasteiger partial charge in [0.1, 0.15) is 12.1 Å². The van der Waals surface area contributed by atoms with Gasteiger partial charge < -0.3 is 10.2 Å². The second-order valence-electron chi connectivity index (χ2n) is 6.70. The molecule has 0 radical (unpaired) electrons. The van der Waals surface area contributed by atoms with Gasteiger partial charge in [-0.05, 0) is 38.0 Å². The van der Waals surface area contributed by atoms with E-state index in [1.807, 2.05) is 4.90 Å². The standard InChI is InChI=1S/C17H26N4O/c1-13(22)21-8-4-5-14(11-21)9-16-10-17(19-12-18-16)20-15-6-2-3-7-15/h10,12,14-15H,2-9,11H2,1H3,(H,18,19,20). The predicted octanol–water partition coefficient (Wildman–Crippen LogP) is 2.63. The van der Waals surface area contributed by atoms with E-state index in [9.17, 15) is 4.79 Å². The fraction of sp³-hybridized carbons (Fsp3) is 0.706. The minimum atomic E-state index is 0.191. The maximum Gasteiger partial charge on any atom is 0.219 e. The van der Waals surface area contributed by atoms with Gasteiger partial charge in [0.05, 0.1) is 0 Å². The second-order valence-corrected chi connectivity index (χ2v) is 6.70. The highest BCUT2D eigenvalue weighted by molar-refractivity contribution is 5.73. The fourth-order valence-electron chi connectivity index (χ4n) is 3.68. The summed E-state index contributed by atoms with van der Waals surface area (Å²) in [5.41, 5.74) is 1.09. The fourth-order valence-corrected chi connectivity index (χ4v) is 3.68. The van der Waals surface area contributed by atoms with E-state index >= 15 is 0 Å². The van der Waals surface area contributed by atoms with Gasteiger partial charge >= 0.3 is 0 Å². The van der Waals surface area contributed by atoms with E-state index in [-0.39, 0.29) is 5.91 Å². The summed E-state index contributed by atoms with van der Waals surface area (Å²) in [5, 5.41) is 3.53. The molecule has 1 saturated heterocycles. The summed E-state index contributed by atoms with van der Waals surface area (Å²) < 4.78 is 0. The Balaban J connectivity index is 1.58. The highest BCUT2D eigenvalue weighted by Crippen LogP contribution is 2.23. The Morgan fingerprint density at radius 1 is 1.27 bits per heavy atom. The van der Waals surface area contributed by atoms with Gasteiger partial charge in [-0.3, -0.25) is 4.79 Å². The summed E-state index contributed by atoms with van der Waals surface area (Å²) in [7, 11) is 0. The first-order valence-corrected chi connectivity index (χ1v) is 8.53. The lowest BCUT2D eigenvalue weighted by Crippen LogP contribution is -2.39. The van der Waals surface area contributed by atoms with Crippen molar-refractivity contribution in [1.82, 2.24) is 14.9 Å². The van der Waals surface area contributed by atoms with Gasteiger partial charge in [0.2, 0.25) is 5.91 Å². The summed E-state index contributed by atoms with van der Waals surface area (Å²) in [6.45, 7) is 3.44. The molecule has 5 nitrogen and oxygen atoms in total. The maximum absolute atomic E-state index is 11.5. The Bertz CT molecular complexity index is 513. The highest BCUT2D eigenvalue weighted by Gasteiger charge is 2.22. The second kappa shape index (κ2) is 7.07. The lowest BCUT2D eigenvalue weighted by molar-refractivity contribution is -0.130. The zero-order valence-electron chi connectivity index (χ0n) is 13.4. The molecule has 0 spiro atoms. The van der Waals surface area contributed by atoms with E-state index in [0.29, 0.717) is 12.0 Å². The molecule has 0 aromatic carbocycles. The van der Waals surface area contributed by atoms with Crippen molar-refractivity contribution in [2.24, 2.45) is 5.92 Å². The average molecular weight is 302 g/mol. The lowest BCUT2D eigenvalue weighted by Gasteiger charge is -2.32. The molecule has 1 amide bonds. The van der Waals surface area contributed by atoms with Crippen LogP contribution in [0.5, 0.6) is 0 Å². The van der Waals surface area contributed by atoms with Crippen LogP contribution in [0.3, 0.4) is 0 Å². The topological polar surface area (TPSA) is 58.1 Å². The molecule has 22 heavy (non-hydrogen) atoms. The molecule has 1 aromatic rings. The van der Waals surface area contributed by atoms with Crippen LogP contribution in [0.1, 0.15) is 51.1 Å². The van der Waals surface area contributed by atoms with Gasteiger partial charge in [-0.25, -0.2) is 9.97 Å². The summed E-state index contributed by atoms with van der Waals surface area (Å²) in [6.07, 6.45) is 10.0. The lowest BCUT2D eigenvalue weighted by atomic mass is 9.93. The van der Waals surface area contributed by atoms with Crippen molar-refractivity contribution in [2.75, 3.05) is 18.4 Å². The highest BCUT2D eigenvalue weighted by atomic mass is 16.2. The van der Waals surface area contributed by atoms with Crippen LogP contribution in [0, 0.1) is 5.92 Å². The van der Waals surface area contributed by atoms with Gasteiger partial charge in [0.25, 0.3) is 0 Å². The minimum absolute atomic E-state index is 0.191. The predicted molar refractivity (Wildman–Crippen MR) is 86.6 cm³/mol. The van der Waals surface area contributed by atoms with E-state index in [4.69, 9.17) is 0 Å². The van der Waals surface area contributed by atoms with Gasteiger partial charge in [-0.1, -0.05) is 12.8 Å². The van der Waals surface area contributed by atoms with Gasteiger partial charge in [0, 0.05) is 37.8 Å². The normalized spacial score (nSPS) is 22.8. The van der Waals surface area contributed by atoms with E-state index in [2.05, 4.69) is 21.4 Å². The number of piperidine rings is 1. The number of likely N-dealkylation sites (tertiary alicyclic amines) is 1. The van der Waals surface area contributed by atoms with Crippen molar-refractivity contribution in [3.63, 3.8) is 0 Å². The van der Waals surface area contributed by atoms with E-state index < -0.39 is 0 Å². The SMILES string of the molecule is CC(=O)N1CCCC(Cc2cc(NC3CCCC3)ncn2)C1. The first-order valence-electron chi connectivity index (χ1n) is 8.53. The van der Waals surface area contributed by atoms with Crippen LogP contribution in [-0.2, 0) is 11.2 Å². The molecule has 2 heterocycles. The number of nitrogens with zero attached hydrogens (tertiary/aromatic N) is 3. The van der Waals surface area contributed by atoms with Gasteiger partial charge in [-0.15, -0.1) is 0 Å². The molecular formula is C17H26N4O. The van der Waals surface area contributed by atoms with Crippen LogP contribution < -0.4 is 5.32 Å². The third kappa shape index (κ3) is 3.96. The van der Waals surface area contributed by atoms with Crippen molar-refractivity contribution in [2.45, 2.75) is 57.9 Å². The molecule has 1 aromatic heterocycles. The molecule has 1 N–H and O–H groups in total. The van der Waals surface area contributed by atoms with Crippen LogP contribution in [0.4, 0.5) is 5.82 Å². The van der Waals surface area contributed by atoms with Crippen LogP contribution in [0.25, 0.3) is 0 Å². The van der Waals surface area contributed by atoms with Gasteiger partial charge in [0.15, 0.2) is 0 Å². The quantitative estimate of drug-likeness (QED) is 0.929. The Morgan fingerprint density at radius 2 is 2.09 bits per heavy atom. The number of rotatable bonds is 4. The number of carbonyl (C=O) groups is 1. The molecule has 2 fully saturated rings. The van der Waals surface area contributed by atoms with E-state index in [1.54, 1.807) is 13.3 Å². The summed E-state index contributed by atoms with van der Waals surface area (Å²) in [6, 6.07) is 2.66. The summed E-state index contributed by atoms with van der Waals surface area (Å²) in [5.74, 6) is 1.67. The van der Waals surface area contributed by atoms with Crippen LogP contribution in [0.15, 0.2) is 12.4 Å². The monoisotopic (exact) mass is 302 g/mol. The van der Waals surface area contributed by atoms with Crippen molar-refractivity contribution in [1.29, 1.82) is 0 Å². The number of hydrogen-bond donors (Lipinski definition) is 1. The zero-order valence-corrected chi connectivity index (χ0v) is 13.4. The molecule has 0 bridgehead atoms. The molecule has 1 aliphatic heterocycles. The first kappa shape index (κ1) is 15.3. The molecule has 1 aliphatic carbocycles. The summed E-state index contributed by atoms with van der Waals surface area (Å²) >= 11 is 0. The molecule has 1 unspecified atom stereocenters. The largest absolute Gasteiger partial charge is 0.367 e. The number of nitrogens with one attached hydrogen (secondary N) is 1. The molecular weight excluding hydrogens is 276 g/mol. The third-order valence-corrected chi connectivity index (χ3v) is 4.89. The minimum Gasteiger partial charge on any atom is -0.367 e. The third-order valence-electron chi connectivity index (χ3n) is 4.89. The van der Waals surface area contributed by atoms with Crippen molar-refractivity contribution in [3.05, 3.63) is 18.1 Å². The van der Waals surface area contributed by atoms with Crippen LogP contribution >= 0.6 is 0 Å². The number of hydrogen-bond acceptors (Lipinski definition) is 4. The Labute approximate surface area is 132 Å². The van der Waals surface area contributed by atoms with Crippen molar-refractivity contribution >= 4 is 11.7 Å². The Kier molecular flexibility index (Phi) is 4.90. The average Bonchev–Trinajstić information content (AvgIpc) is 3.01. The Morgan fingerprint density at radius 3 is 2.86 bits per heavy atom. The number of anilines is 1. The molecule has 120 valence electrons. The molecule has 1 saturated carbocycles. The summed E-state index contributed by atoms with van der Waals surface area (Å²) in [4.78, 5) is 22.3. The van der Waals surface area contributed by atoms with Crippen molar-refractivity contribution in [3.8, 4) is 0 Å². The van der Waals surface area contributed by atoms with E-state index in [1.165, 1.54) is 32.1 Å². The van der Waals surface area contributed by atoms with Crippen LogP contribution in [-0.4, -0.2) is 39.9 Å². The molecule has 5 heteroatoms. The first-order chi connectivity index (χ1) is 10.7.